The van der Waals surface area contributed by atoms with Crippen LogP contribution >= 0.6 is 0 Å². The van der Waals surface area contributed by atoms with Crippen LogP contribution in [0.4, 0.5) is 0 Å². The van der Waals surface area contributed by atoms with E-state index in [9.17, 15) is 23.1 Å². The summed E-state index contributed by atoms with van der Waals surface area (Å²) in [5.41, 5.74) is 3.29. The molecule has 0 fully saturated rings. The zero-order chi connectivity index (χ0) is 31.1. The zero-order valence-electron chi connectivity index (χ0n) is 24.1. The van der Waals surface area contributed by atoms with Gasteiger partial charge >= 0.3 is 10.2 Å². The number of aromatic nitrogens is 1. The highest BCUT2D eigenvalue weighted by Gasteiger charge is 2.23. The second-order valence-corrected chi connectivity index (χ2v) is 11.6. The van der Waals surface area contributed by atoms with Crippen LogP contribution < -0.4 is 15.2 Å². The number of amides is 2. The number of ether oxygens (including phenoxy) is 1. The van der Waals surface area contributed by atoms with Crippen molar-refractivity contribution in [2.24, 2.45) is 5.14 Å². The van der Waals surface area contributed by atoms with Crippen molar-refractivity contribution in [1.82, 2.24) is 14.6 Å². The number of aliphatic hydroxyl groups excluding tert-OH is 1. The molecule has 3 aromatic carbocycles. The lowest BCUT2D eigenvalue weighted by molar-refractivity contribution is 0.0864. The third-order valence-corrected chi connectivity index (χ3v) is 7.60. The van der Waals surface area contributed by atoms with Crippen LogP contribution in [0, 0.1) is 11.8 Å². The van der Waals surface area contributed by atoms with Crippen molar-refractivity contribution in [2.45, 2.75) is 39.3 Å². The van der Waals surface area contributed by atoms with Gasteiger partial charge in [0.1, 0.15) is 5.75 Å². The molecule has 0 aliphatic heterocycles. The van der Waals surface area contributed by atoms with Gasteiger partial charge in [-0.15, -0.1) is 0 Å². The number of carbonyl (C=O) groups is 2. The molecule has 4 rings (SSSR count). The Morgan fingerprint density at radius 3 is 2.44 bits per heavy atom. The van der Waals surface area contributed by atoms with Gasteiger partial charge in [-0.3, -0.25) is 9.59 Å². The van der Waals surface area contributed by atoms with Crippen molar-refractivity contribution >= 4 is 32.9 Å². The molecule has 1 atom stereocenters. The molecule has 0 aliphatic rings. The molecule has 11 heteroatoms. The summed E-state index contributed by atoms with van der Waals surface area (Å²) in [6.45, 7) is 4.85. The van der Waals surface area contributed by atoms with Gasteiger partial charge in [-0.05, 0) is 75.2 Å². The first-order valence-corrected chi connectivity index (χ1v) is 15.2. The predicted molar refractivity (Wildman–Crippen MR) is 165 cm³/mol. The second kappa shape index (κ2) is 13.6. The number of hydrogen-bond acceptors (Lipinski definition) is 6. The van der Waals surface area contributed by atoms with E-state index in [-0.39, 0.29) is 30.4 Å². The normalized spacial score (nSPS) is 12.0. The number of aliphatic hydroxyl groups is 1. The van der Waals surface area contributed by atoms with Gasteiger partial charge in [0.25, 0.3) is 11.8 Å². The number of nitrogens with one attached hydrogen (secondary N) is 2. The average Bonchev–Trinajstić information content (AvgIpc) is 3.38. The van der Waals surface area contributed by atoms with Crippen molar-refractivity contribution in [3.63, 3.8) is 0 Å². The molecule has 1 aromatic heterocycles. The van der Waals surface area contributed by atoms with Gasteiger partial charge in [-0.2, -0.15) is 8.42 Å². The molecule has 224 valence electrons. The fourth-order valence-electron chi connectivity index (χ4n) is 4.59. The fourth-order valence-corrected chi connectivity index (χ4v) is 5.29. The molecule has 10 nitrogen and oxygen atoms in total. The molecule has 2 amide bonds. The summed E-state index contributed by atoms with van der Waals surface area (Å²) in [5, 5.41) is 19.2. The largest absolute Gasteiger partial charge is 0.490 e. The first-order chi connectivity index (χ1) is 20.5. The number of hydrogen-bond donors (Lipinski definition) is 4. The third kappa shape index (κ3) is 7.81. The Labute approximate surface area is 251 Å². The van der Waals surface area contributed by atoms with Crippen LogP contribution in [0.2, 0.25) is 0 Å². The van der Waals surface area contributed by atoms with Crippen LogP contribution in [0.25, 0.3) is 10.9 Å². The highest BCUT2D eigenvalue weighted by Crippen LogP contribution is 2.23. The summed E-state index contributed by atoms with van der Waals surface area (Å²) in [5.74, 6) is 5.15. The van der Waals surface area contributed by atoms with E-state index in [1.807, 2.05) is 44.3 Å². The molecule has 43 heavy (non-hydrogen) atoms. The Bertz CT molecular complexity index is 1800. The SMILES string of the molecule is CCN(C(=O)c1cccc(C#Cc2ccc(OC(C)C)c(C(=O)N[C@@H](CO)Cc3c[nH]c4ccccc34)c2)c1)S(N)(=O)=O. The molecule has 0 aliphatic carbocycles. The van der Waals surface area contributed by atoms with Crippen molar-refractivity contribution in [3.05, 3.63) is 101 Å². The zero-order valence-corrected chi connectivity index (χ0v) is 24.9. The van der Waals surface area contributed by atoms with Crippen LogP contribution in [0.15, 0.2) is 72.9 Å². The van der Waals surface area contributed by atoms with E-state index < -0.39 is 28.1 Å². The third-order valence-electron chi connectivity index (χ3n) is 6.57. The van der Waals surface area contributed by atoms with Crippen molar-refractivity contribution < 1.29 is 27.9 Å². The molecular formula is C32H34N4O6S. The van der Waals surface area contributed by atoms with Crippen LogP contribution in [-0.2, 0) is 16.6 Å². The minimum Gasteiger partial charge on any atom is -0.490 e. The highest BCUT2D eigenvalue weighted by molar-refractivity contribution is 7.87. The quantitative estimate of drug-likeness (QED) is 0.204. The lowest BCUT2D eigenvalue weighted by Gasteiger charge is -2.19. The van der Waals surface area contributed by atoms with E-state index in [0.29, 0.717) is 27.6 Å². The minimum absolute atomic E-state index is 0.109. The summed E-state index contributed by atoms with van der Waals surface area (Å²) in [6.07, 6.45) is 2.10. The average molecular weight is 603 g/mol. The number of fused-ring (bicyclic) bond motifs is 1. The maximum atomic E-state index is 13.5. The number of nitrogens with zero attached hydrogens (tertiary/aromatic N) is 1. The molecule has 0 unspecified atom stereocenters. The molecule has 0 radical (unpaired) electrons. The molecule has 4 aromatic rings. The Balaban J connectivity index is 1.58. The van der Waals surface area contributed by atoms with Gasteiger partial charge in [-0.25, -0.2) is 9.44 Å². The van der Waals surface area contributed by atoms with E-state index in [2.05, 4.69) is 22.1 Å². The number of benzene rings is 3. The Kier molecular flexibility index (Phi) is 9.88. The number of para-hydroxylation sites is 1. The minimum atomic E-state index is -4.21. The van der Waals surface area contributed by atoms with E-state index in [4.69, 9.17) is 9.88 Å². The van der Waals surface area contributed by atoms with E-state index in [1.165, 1.54) is 19.1 Å². The van der Waals surface area contributed by atoms with Crippen LogP contribution in [0.3, 0.4) is 0 Å². The van der Waals surface area contributed by atoms with Crippen LogP contribution in [0.1, 0.15) is 58.2 Å². The maximum Gasteiger partial charge on any atom is 0.301 e. The fraction of sp³-hybridized carbons (Fsp3) is 0.250. The molecule has 1 heterocycles. The number of nitrogens with two attached hydrogens (primary N) is 1. The topological polar surface area (TPSA) is 155 Å². The maximum absolute atomic E-state index is 13.5. The molecule has 0 saturated heterocycles. The Morgan fingerprint density at radius 2 is 1.77 bits per heavy atom. The first-order valence-electron chi connectivity index (χ1n) is 13.7. The van der Waals surface area contributed by atoms with E-state index in [0.717, 1.165) is 16.5 Å². The van der Waals surface area contributed by atoms with E-state index in [1.54, 1.807) is 30.3 Å². The summed E-state index contributed by atoms with van der Waals surface area (Å²) >= 11 is 0. The summed E-state index contributed by atoms with van der Waals surface area (Å²) in [7, 11) is -4.21. The van der Waals surface area contributed by atoms with Crippen molar-refractivity contribution in [3.8, 4) is 17.6 Å². The van der Waals surface area contributed by atoms with Crippen LogP contribution in [-0.4, -0.2) is 59.9 Å². The van der Waals surface area contributed by atoms with E-state index >= 15 is 0 Å². The lowest BCUT2D eigenvalue weighted by Crippen LogP contribution is -2.41. The Morgan fingerprint density at radius 1 is 1.05 bits per heavy atom. The smallest absolute Gasteiger partial charge is 0.301 e. The van der Waals surface area contributed by atoms with Gasteiger partial charge in [0.15, 0.2) is 0 Å². The standard InChI is InChI=1S/C32H34N4O6S/c1-4-36(43(33,40)41)32(39)24-9-7-8-22(16-24)12-13-23-14-15-30(42-21(2)3)28(17-23)31(38)35-26(20-37)18-25-19-34-29-11-6-5-10-27(25)29/h5-11,14-17,19,21,26,34,37H,4,18,20H2,1-3H3,(H,35,38)(H2,33,40,41)/t26-/m1/s1. The lowest BCUT2D eigenvalue weighted by atomic mass is 10.0. The summed E-state index contributed by atoms with van der Waals surface area (Å²) in [4.78, 5) is 29.4. The number of rotatable bonds is 10. The van der Waals surface area contributed by atoms with Crippen molar-refractivity contribution in [2.75, 3.05) is 13.2 Å². The number of H-pyrrole nitrogens is 1. The number of aromatic amines is 1. The molecule has 0 saturated carbocycles. The Hall–Kier alpha value is -4.63. The van der Waals surface area contributed by atoms with Gasteiger partial charge < -0.3 is 20.1 Å². The number of carbonyl (C=O) groups excluding carboxylic acids is 2. The van der Waals surface area contributed by atoms with Gasteiger partial charge in [-0.1, -0.05) is 36.1 Å². The van der Waals surface area contributed by atoms with Crippen LogP contribution in [0.5, 0.6) is 5.75 Å². The van der Waals surface area contributed by atoms with Gasteiger partial charge in [0.2, 0.25) is 0 Å². The second-order valence-electron chi connectivity index (χ2n) is 10.1. The summed E-state index contributed by atoms with van der Waals surface area (Å²) in [6, 6.07) is 18.5. The highest BCUT2D eigenvalue weighted by atomic mass is 32.2. The van der Waals surface area contributed by atoms with Crippen molar-refractivity contribution in [1.29, 1.82) is 0 Å². The molecule has 0 bridgehead atoms. The molecular weight excluding hydrogens is 568 g/mol. The van der Waals surface area contributed by atoms with Gasteiger partial charge in [0.05, 0.1) is 24.3 Å². The molecule has 5 N–H and O–H groups in total. The monoisotopic (exact) mass is 602 g/mol. The van der Waals surface area contributed by atoms with Gasteiger partial charge in [0, 0.05) is 40.3 Å². The first kappa shape index (κ1) is 31.3. The summed E-state index contributed by atoms with van der Waals surface area (Å²) < 4.78 is 30.0. The molecule has 0 spiro atoms. The predicted octanol–water partition coefficient (Wildman–Crippen LogP) is 3.35.